The molecule has 2 aromatic heterocycles. The Morgan fingerprint density at radius 3 is 2.62 bits per heavy atom. The molecule has 4 aromatic rings. The molecule has 0 aliphatic carbocycles. The van der Waals surface area contributed by atoms with E-state index in [-0.39, 0.29) is 23.0 Å². The number of nitrogens with zero attached hydrogens (tertiary/aromatic N) is 2. The summed E-state index contributed by atoms with van der Waals surface area (Å²) in [6, 6.07) is 14.3. The van der Waals surface area contributed by atoms with Gasteiger partial charge in [0.25, 0.3) is 5.56 Å². The lowest BCUT2D eigenvalue weighted by atomic mass is 10.1. The van der Waals surface area contributed by atoms with Crippen LogP contribution in [0.1, 0.15) is 17.3 Å². The van der Waals surface area contributed by atoms with Crippen molar-refractivity contribution in [1.82, 2.24) is 14.5 Å². The molecule has 164 valence electrons. The Morgan fingerprint density at radius 2 is 1.91 bits per heavy atom. The van der Waals surface area contributed by atoms with E-state index in [4.69, 9.17) is 9.72 Å². The van der Waals surface area contributed by atoms with Crippen LogP contribution in [-0.2, 0) is 16.1 Å². The molecule has 8 nitrogen and oxygen atoms in total. The maximum absolute atomic E-state index is 13.1. The number of rotatable bonds is 8. The smallest absolute Gasteiger partial charge is 0.278 e. The van der Waals surface area contributed by atoms with Crippen molar-refractivity contribution in [2.45, 2.75) is 18.6 Å². The van der Waals surface area contributed by atoms with Crippen molar-refractivity contribution in [2.75, 3.05) is 24.8 Å². The third kappa shape index (κ3) is 4.44. The highest BCUT2D eigenvalue weighted by atomic mass is 32.2. The van der Waals surface area contributed by atoms with Gasteiger partial charge in [-0.15, -0.1) is 0 Å². The lowest BCUT2D eigenvalue weighted by Gasteiger charge is -2.12. The van der Waals surface area contributed by atoms with Gasteiger partial charge in [0.05, 0.1) is 18.9 Å². The van der Waals surface area contributed by atoms with E-state index in [9.17, 15) is 14.4 Å². The van der Waals surface area contributed by atoms with E-state index < -0.39 is 0 Å². The molecule has 0 aliphatic rings. The molecule has 0 radical (unpaired) electrons. The number of amides is 1. The summed E-state index contributed by atoms with van der Waals surface area (Å²) in [6.45, 7) is 2.16. The number of nitrogens with one attached hydrogen (secondary N) is 2. The molecule has 2 N–H and O–H groups in total. The Hall–Kier alpha value is -3.43. The predicted molar refractivity (Wildman–Crippen MR) is 126 cm³/mol. The lowest BCUT2D eigenvalue weighted by Crippen LogP contribution is -2.26. The van der Waals surface area contributed by atoms with Gasteiger partial charge >= 0.3 is 0 Å². The number of thioether (sulfide) groups is 1. The number of hydrogen-bond acceptors (Lipinski definition) is 6. The van der Waals surface area contributed by atoms with E-state index in [1.807, 2.05) is 24.3 Å². The number of carbonyl (C=O) groups is 2. The molecule has 0 fully saturated rings. The number of aromatic nitrogens is 3. The Kier molecular flexibility index (Phi) is 6.38. The van der Waals surface area contributed by atoms with E-state index in [1.54, 1.807) is 31.4 Å². The van der Waals surface area contributed by atoms with Crippen LogP contribution in [0.2, 0.25) is 0 Å². The highest BCUT2D eigenvalue weighted by Crippen LogP contribution is 2.24. The number of carbonyl (C=O) groups excluding carboxylic acids is 2. The topological polar surface area (TPSA) is 106 Å². The van der Waals surface area contributed by atoms with Gasteiger partial charge in [-0.2, -0.15) is 0 Å². The van der Waals surface area contributed by atoms with Gasteiger partial charge in [0, 0.05) is 29.3 Å². The fourth-order valence-corrected chi connectivity index (χ4v) is 4.20. The van der Waals surface area contributed by atoms with Crippen molar-refractivity contribution < 1.29 is 14.3 Å². The zero-order chi connectivity index (χ0) is 22.7. The number of para-hydroxylation sites is 1. The van der Waals surface area contributed by atoms with Gasteiger partial charge in [0.15, 0.2) is 10.9 Å². The molecule has 0 atom stereocenters. The van der Waals surface area contributed by atoms with Crippen molar-refractivity contribution >= 4 is 51.1 Å². The van der Waals surface area contributed by atoms with Crippen molar-refractivity contribution in [3.8, 4) is 0 Å². The Bertz CT molecular complexity index is 1360. The molecule has 0 aliphatic heterocycles. The molecule has 4 rings (SSSR count). The van der Waals surface area contributed by atoms with Gasteiger partial charge in [0.2, 0.25) is 5.91 Å². The molecule has 0 saturated heterocycles. The predicted octanol–water partition coefficient (Wildman–Crippen LogP) is 3.46. The Balaban J connectivity index is 1.59. The van der Waals surface area contributed by atoms with Crippen molar-refractivity contribution in [3.63, 3.8) is 0 Å². The minimum atomic E-state index is -0.239. The number of benzene rings is 2. The maximum Gasteiger partial charge on any atom is 0.278 e. The zero-order valence-corrected chi connectivity index (χ0v) is 18.5. The third-order valence-corrected chi connectivity index (χ3v) is 5.98. The van der Waals surface area contributed by atoms with Crippen LogP contribution >= 0.6 is 11.8 Å². The van der Waals surface area contributed by atoms with Crippen molar-refractivity contribution in [3.05, 3.63) is 64.4 Å². The number of fused-ring (bicyclic) bond motifs is 3. The molecule has 0 bridgehead atoms. The quantitative estimate of drug-likeness (QED) is 0.242. The summed E-state index contributed by atoms with van der Waals surface area (Å²) in [5, 5.41) is 4.11. The molecule has 32 heavy (non-hydrogen) atoms. The summed E-state index contributed by atoms with van der Waals surface area (Å²) in [5.41, 5.74) is 2.82. The first-order chi connectivity index (χ1) is 15.5. The number of H-pyrrole nitrogens is 1. The number of methoxy groups -OCH3 is 1. The van der Waals surface area contributed by atoms with Crippen LogP contribution in [0.25, 0.3) is 21.9 Å². The van der Waals surface area contributed by atoms with Crippen LogP contribution in [0.15, 0.2) is 58.5 Å². The standard InChI is InChI=1S/C23H22N4O4S/c1-14(28)15-7-9-16(10-8-15)24-19(29)13-32-23-26-20-17-5-3-4-6-18(17)25-21(20)22(30)27(23)11-12-31-2/h3-10,25H,11-13H2,1-2H3,(H,24,29). The molecule has 0 unspecified atom stereocenters. The summed E-state index contributed by atoms with van der Waals surface area (Å²) in [7, 11) is 1.57. The van der Waals surface area contributed by atoms with Crippen LogP contribution in [0.5, 0.6) is 0 Å². The van der Waals surface area contributed by atoms with Gasteiger partial charge < -0.3 is 15.0 Å². The van der Waals surface area contributed by atoms with Crippen molar-refractivity contribution in [2.24, 2.45) is 0 Å². The van der Waals surface area contributed by atoms with E-state index in [1.165, 1.54) is 23.3 Å². The minimum absolute atomic E-state index is 0.0359. The molecular formula is C23H22N4O4S. The van der Waals surface area contributed by atoms with Gasteiger partial charge in [-0.05, 0) is 37.3 Å². The summed E-state index contributed by atoms with van der Waals surface area (Å²) in [5.74, 6) is -0.204. The number of aromatic amines is 1. The second-order valence-electron chi connectivity index (χ2n) is 7.21. The van der Waals surface area contributed by atoms with Gasteiger partial charge in [0.1, 0.15) is 11.0 Å². The Morgan fingerprint density at radius 1 is 1.16 bits per heavy atom. The highest BCUT2D eigenvalue weighted by molar-refractivity contribution is 7.99. The van der Waals surface area contributed by atoms with Crippen LogP contribution in [-0.4, -0.2) is 45.7 Å². The number of hydrogen-bond donors (Lipinski definition) is 2. The number of Topliss-reactive ketones (excluding diaryl/α,β-unsaturated/α-hetero) is 1. The molecule has 9 heteroatoms. The summed E-state index contributed by atoms with van der Waals surface area (Å²) >= 11 is 1.19. The normalized spacial score (nSPS) is 11.2. The zero-order valence-electron chi connectivity index (χ0n) is 17.7. The molecule has 2 heterocycles. The van der Waals surface area contributed by atoms with Crippen LogP contribution < -0.4 is 10.9 Å². The first-order valence-electron chi connectivity index (χ1n) is 10.0. The van der Waals surface area contributed by atoms with Crippen LogP contribution in [0.4, 0.5) is 5.69 Å². The van der Waals surface area contributed by atoms with Gasteiger partial charge in [-0.1, -0.05) is 30.0 Å². The summed E-state index contributed by atoms with van der Waals surface area (Å²) in [6.07, 6.45) is 0. The summed E-state index contributed by atoms with van der Waals surface area (Å²) < 4.78 is 6.68. The maximum atomic E-state index is 13.1. The first-order valence-corrected chi connectivity index (χ1v) is 11.0. The van der Waals surface area contributed by atoms with E-state index >= 15 is 0 Å². The van der Waals surface area contributed by atoms with E-state index in [0.29, 0.717) is 40.6 Å². The van der Waals surface area contributed by atoms with E-state index in [2.05, 4.69) is 10.3 Å². The fourth-order valence-electron chi connectivity index (χ4n) is 3.38. The lowest BCUT2D eigenvalue weighted by molar-refractivity contribution is -0.113. The molecule has 0 spiro atoms. The Labute approximate surface area is 188 Å². The summed E-state index contributed by atoms with van der Waals surface area (Å²) in [4.78, 5) is 44.9. The fraction of sp³-hybridized carbons (Fsp3) is 0.217. The second kappa shape index (κ2) is 9.37. The highest BCUT2D eigenvalue weighted by Gasteiger charge is 2.17. The van der Waals surface area contributed by atoms with Crippen LogP contribution in [0.3, 0.4) is 0 Å². The largest absolute Gasteiger partial charge is 0.383 e. The number of ether oxygens (including phenoxy) is 1. The number of ketones is 1. The SMILES string of the molecule is COCCn1c(SCC(=O)Nc2ccc(C(C)=O)cc2)nc2c([nH]c3ccccc32)c1=O. The van der Waals surface area contributed by atoms with Gasteiger partial charge in [-0.3, -0.25) is 19.0 Å². The third-order valence-electron chi connectivity index (χ3n) is 5.00. The molecular weight excluding hydrogens is 428 g/mol. The molecule has 0 saturated carbocycles. The number of anilines is 1. The minimum Gasteiger partial charge on any atom is -0.383 e. The molecule has 2 aromatic carbocycles. The second-order valence-corrected chi connectivity index (χ2v) is 8.15. The molecule has 1 amide bonds. The average molecular weight is 451 g/mol. The van der Waals surface area contributed by atoms with Gasteiger partial charge in [-0.25, -0.2) is 4.98 Å². The van der Waals surface area contributed by atoms with E-state index in [0.717, 1.165) is 10.9 Å². The van der Waals surface area contributed by atoms with Crippen molar-refractivity contribution in [1.29, 1.82) is 0 Å². The van der Waals surface area contributed by atoms with Crippen LogP contribution in [0, 0.1) is 0 Å². The average Bonchev–Trinajstić information content (AvgIpc) is 3.16. The monoisotopic (exact) mass is 450 g/mol. The first kappa shape index (κ1) is 21.8.